The van der Waals surface area contributed by atoms with Crippen molar-refractivity contribution in [1.82, 2.24) is 9.55 Å². The molecule has 96 valence electrons. The number of nitrogens with zero attached hydrogens (tertiary/aromatic N) is 2. The third kappa shape index (κ3) is 2.43. The number of rotatable bonds is 4. The van der Waals surface area contributed by atoms with Crippen LogP contribution in [0.4, 0.5) is 0 Å². The van der Waals surface area contributed by atoms with Crippen LogP contribution in [0, 0.1) is 0 Å². The predicted molar refractivity (Wildman–Crippen MR) is 69.9 cm³/mol. The molecule has 0 aromatic carbocycles. The number of carbonyl (C=O) groups is 1. The Labute approximate surface area is 108 Å². The smallest absolute Gasteiger partial charge is 0.326 e. The fraction of sp³-hybridized carbons (Fsp3) is 0.417. The third-order valence-corrected chi connectivity index (χ3v) is 3.71. The first-order valence-electron chi connectivity index (χ1n) is 5.79. The summed E-state index contributed by atoms with van der Waals surface area (Å²) >= 11 is 1.51. The minimum absolute atomic E-state index is 0.0904. The number of fused-ring (bicyclic) bond motifs is 1. The quantitative estimate of drug-likeness (QED) is 0.788. The van der Waals surface area contributed by atoms with Crippen molar-refractivity contribution >= 4 is 27.5 Å². The summed E-state index contributed by atoms with van der Waals surface area (Å²) in [7, 11) is 0. The zero-order chi connectivity index (χ0) is 13.1. The molecule has 0 radical (unpaired) electrons. The predicted octanol–water partition coefficient (Wildman–Crippen LogP) is 1.58. The van der Waals surface area contributed by atoms with E-state index >= 15 is 0 Å². The second kappa shape index (κ2) is 5.30. The molecule has 2 aromatic heterocycles. The minimum atomic E-state index is -0.424. The van der Waals surface area contributed by atoms with Gasteiger partial charge in [-0.1, -0.05) is 6.92 Å². The first kappa shape index (κ1) is 12.8. The summed E-state index contributed by atoms with van der Waals surface area (Å²) in [6.45, 7) is 3.98. The van der Waals surface area contributed by atoms with Crippen molar-refractivity contribution in [2.45, 2.75) is 26.8 Å². The number of ether oxygens (including phenoxy) is 1. The van der Waals surface area contributed by atoms with Crippen LogP contribution in [0.3, 0.4) is 0 Å². The molecule has 2 aromatic rings. The highest BCUT2D eigenvalue weighted by Gasteiger charge is 2.10. The fourth-order valence-corrected chi connectivity index (χ4v) is 2.57. The lowest BCUT2D eigenvalue weighted by Crippen LogP contribution is -2.25. The Morgan fingerprint density at radius 3 is 2.94 bits per heavy atom. The van der Waals surface area contributed by atoms with E-state index in [-0.39, 0.29) is 12.1 Å². The average molecular weight is 266 g/mol. The standard InChI is InChI=1S/C12H14N2O3S/c1-3-8-5-9-11(18-8)13-7-14(12(9)16)6-10(15)17-4-2/h5,7H,3-4,6H2,1-2H3. The molecule has 0 N–H and O–H groups in total. The van der Waals surface area contributed by atoms with Crippen LogP contribution in [-0.2, 0) is 22.5 Å². The highest BCUT2D eigenvalue weighted by Crippen LogP contribution is 2.20. The maximum absolute atomic E-state index is 12.1. The normalized spacial score (nSPS) is 10.8. The van der Waals surface area contributed by atoms with Crippen LogP contribution in [0.1, 0.15) is 18.7 Å². The molecule has 5 nitrogen and oxygen atoms in total. The number of esters is 1. The lowest BCUT2D eigenvalue weighted by Gasteiger charge is -2.04. The second-order valence-electron chi connectivity index (χ2n) is 3.77. The molecular weight excluding hydrogens is 252 g/mol. The maximum atomic E-state index is 12.1. The summed E-state index contributed by atoms with van der Waals surface area (Å²) in [5.41, 5.74) is -0.191. The summed E-state index contributed by atoms with van der Waals surface area (Å²) in [4.78, 5) is 29.5. The van der Waals surface area contributed by atoms with Gasteiger partial charge in [0.2, 0.25) is 0 Å². The number of aromatic nitrogens is 2. The minimum Gasteiger partial charge on any atom is -0.465 e. The fourth-order valence-electron chi connectivity index (χ4n) is 1.64. The molecule has 0 fully saturated rings. The maximum Gasteiger partial charge on any atom is 0.326 e. The van der Waals surface area contributed by atoms with Crippen LogP contribution in [0.25, 0.3) is 10.2 Å². The Hall–Kier alpha value is -1.69. The molecule has 0 unspecified atom stereocenters. The first-order chi connectivity index (χ1) is 8.65. The first-order valence-corrected chi connectivity index (χ1v) is 6.60. The Balaban J connectivity index is 2.38. The summed E-state index contributed by atoms with van der Waals surface area (Å²) in [6.07, 6.45) is 2.27. The van der Waals surface area contributed by atoms with Crippen molar-refractivity contribution in [1.29, 1.82) is 0 Å². The van der Waals surface area contributed by atoms with E-state index in [2.05, 4.69) is 4.98 Å². The summed E-state index contributed by atoms with van der Waals surface area (Å²) in [6, 6.07) is 1.84. The molecule has 2 heterocycles. The highest BCUT2D eigenvalue weighted by atomic mass is 32.1. The van der Waals surface area contributed by atoms with Crippen LogP contribution in [-0.4, -0.2) is 22.1 Å². The van der Waals surface area contributed by atoms with Gasteiger partial charge in [0.15, 0.2) is 0 Å². The zero-order valence-electron chi connectivity index (χ0n) is 10.3. The Kier molecular flexibility index (Phi) is 3.76. The zero-order valence-corrected chi connectivity index (χ0v) is 11.1. The van der Waals surface area contributed by atoms with E-state index < -0.39 is 5.97 Å². The van der Waals surface area contributed by atoms with Gasteiger partial charge in [0, 0.05) is 4.88 Å². The Morgan fingerprint density at radius 1 is 1.50 bits per heavy atom. The number of carbonyl (C=O) groups excluding carboxylic acids is 1. The van der Waals surface area contributed by atoms with Gasteiger partial charge < -0.3 is 4.74 Å². The van der Waals surface area contributed by atoms with Gasteiger partial charge in [-0.05, 0) is 19.4 Å². The molecular formula is C12H14N2O3S. The molecule has 0 saturated heterocycles. The summed E-state index contributed by atoms with van der Waals surface area (Å²) in [5, 5.41) is 0.573. The van der Waals surface area contributed by atoms with E-state index in [1.165, 1.54) is 22.2 Å². The lowest BCUT2D eigenvalue weighted by molar-refractivity contribution is -0.143. The van der Waals surface area contributed by atoms with Crippen LogP contribution in [0.5, 0.6) is 0 Å². The number of hydrogen-bond donors (Lipinski definition) is 0. The van der Waals surface area contributed by atoms with Crippen LogP contribution >= 0.6 is 11.3 Å². The van der Waals surface area contributed by atoms with E-state index in [1.54, 1.807) is 6.92 Å². The van der Waals surface area contributed by atoms with E-state index in [9.17, 15) is 9.59 Å². The Bertz CT molecular complexity index is 630. The summed E-state index contributed by atoms with van der Waals surface area (Å²) in [5.74, 6) is -0.424. The molecule has 0 aliphatic carbocycles. The van der Waals surface area contributed by atoms with E-state index in [4.69, 9.17) is 4.74 Å². The molecule has 6 heteroatoms. The lowest BCUT2D eigenvalue weighted by atomic mass is 10.3. The SMILES string of the molecule is CCOC(=O)Cn1cnc2sc(CC)cc2c1=O. The van der Waals surface area contributed by atoms with Gasteiger partial charge in [-0.2, -0.15) is 0 Å². The van der Waals surface area contributed by atoms with Crippen molar-refractivity contribution < 1.29 is 9.53 Å². The van der Waals surface area contributed by atoms with Crippen molar-refractivity contribution in [3.63, 3.8) is 0 Å². The molecule has 0 aliphatic rings. The molecule has 0 bridgehead atoms. The van der Waals surface area contributed by atoms with E-state index in [0.29, 0.717) is 12.0 Å². The van der Waals surface area contributed by atoms with Crippen molar-refractivity contribution in [3.05, 3.63) is 27.6 Å². The highest BCUT2D eigenvalue weighted by molar-refractivity contribution is 7.18. The van der Waals surface area contributed by atoms with Gasteiger partial charge in [-0.25, -0.2) is 4.98 Å². The topological polar surface area (TPSA) is 61.2 Å². The van der Waals surface area contributed by atoms with E-state index in [1.807, 2.05) is 13.0 Å². The van der Waals surface area contributed by atoms with Crippen molar-refractivity contribution in [2.24, 2.45) is 0 Å². The van der Waals surface area contributed by atoms with Crippen LogP contribution < -0.4 is 5.56 Å². The number of thiophene rings is 1. The Morgan fingerprint density at radius 2 is 2.28 bits per heavy atom. The van der Waals surface area contributed by atoms with Gasteiger partial charge >= 0.3 is 5.97 Å². The van der Waals surface area contributed by atoms with Gasteiger partial charge in [0.05, 0.1) is 18.3 Å². The third-order valence-electron chi connectivity index (χ3n) is 2.52. The second-order valence-corrected chi connectivity index (χ2v) is 4.88. The van der Waals surface area contributed by atoms with Crippen molar-refractivity contribution in [2.75, 3.05) is 6.61 Å². The van der Waals surface area contributed by atoms with Gasteiger partial charge in [-0.3, -0.25) is 14.2 Å². The van der Waals surface area contributed by atoms with Gasteiger partial charge in [0.1, 0.15) is 11.4 Å². The van der Waals surface area contributed by atoms with Crippen molar-refractivity contribution in [3.8, 4) is 0 Å². The number of aryl methyl sites for hydroxylation is 1. The molecule has 18 heavy (non-hydrogen) atoms. The molecule has 2 rings (SSSR count). The largest absolute Gasteiger partial charge is 0.465 e. The monoisotopic (exact) mass is 266 g/mol. The van der Waals surface area contributed by atoms with Gasteiger partial charge in [0.25, 0.3) is 5.56 Å². The summed E-state index contributed by atoms with van der Waals surface area (Å²) < 4.78 is 6.10. The van der Waals surface area contributed by atoms with E-state index in [0.717, 1.165) is 16.1 Å². The van der Waals surface area contributed by atoms with Gasteiger partial charge in [-0.15, -0.1) is 11.3 Å². The van der Waals surface area contributed by atoms with Crippen LogP contribution in [0.15, 0.2) is 17.2 Å². The molecule has 0 amide bonds. The molecule has 0 saturated carbocycles. The van der Waals surface area contributed by atoms with Crippen LogP contribution in [0.2, 0.25) is 0 Å². The molecule has 0 aliphatic heterocycles. The molecule has 0 atom stereocenters. The number of hydrogen-bond acceptors (Lipinski definition) is 5. The molecule has 0 spiro atoms. The average Bonchev–Trinajstić information content (AvgIpc) is 2.77.